The fraction of sp³-hybridized carbons (Fsp3) is 1.00. The molecule has 0 spiro atoms. The number of ether oxygens (including phenoxy) is 1. The topological polar surface area (TPSA) is 24.5 Å². The number of hydrogen-bond acceptors (Lipinski definition) is 3. The van der Waals surface area contributed by atoms with Crippen LogP contribution in [0.2, 0.25) is 0 Å². The molecule has 0 aromatic carbocycles. The van der Waals surface area contributed by atoms with E-state index in [-0.39, 0.29) is 5.60 Å². The Morgan fingerprint density at radius 1 is 1.31 bits per heavy atom. The minimum absolute atomic E-state index is 0.100. The molecule has 3 heteroatoms. The number of methoxy groups -OCH3 is 1. The Morgan fingerprint density at radius 3 is 2.81 bits per heavy atom. The Morgan fingerprint density at radius 2 is 2.12 bits per heavy atom. The second kappa shape index (κ2) is 7.25. The summed E-state index contributed by atoms with van der Waals surface area (Å²) in [6, 6.07) is 0. The highest BCUT2D eigenvalue weighted by atomic mass is 16.5. The van der Waals surface area contributed by atoms with Gasteiger partial charge in [0.1, 0.15) is 0 Å². The molecule has 0 saturated carbocycles. The fourth-order valence-corrected chi connectivity index (χ4v) is 2.48. The van der Waals surface area contributed by atoms with E-state index in [1.54, 1.807) is 0 Å². The van der Waals surface area contributed by atoms with Crippen molar-refractivity contribution in [3.8, 4) is 0 Å². The van der Waals surface area contributed by atoms with E-state index in [1.165, 1.54) is 45.2 Å². The lowest BCUT2D eigenvalue weighted by atomic mass is 9.94. The van der Waals surface area contributed by atoms with Crippen LogP contribution < -0.4 is 5.32 Å². The predicted octanol–water partition coefficient (Wildman–Crippen LogP) is 1.88. The van der Waals surface area contributed by atoms with E-state index in [1.807, 2.05) is 14.2 Å². The molecule has 1 saturated heterocycles. The van der Waals surface area contributed by atoms with Crippen LogP contribution in [0.25, 0.3) is 0 Å². The highest BCUT2D eigenvalue weighted by Gasteiger charge is 2.30. The Balaban J connectivity index is 2.12. The fourth-order valence-electron chi connectivity index (χ4n) is 2.48. The van der Waals surface area contributed by atoms with Crippen LogP contribution in [0.5, 0.6) is 0 Å². The maximum Gasteiger partial charge on any atom is 0.0777 e. The van der Waals surface area contributed by atoms with Gasteiger partial charge in [-0.25, -0.2) is 0 Å². The largest absolute Gasteiger partial charge is 0.377 e. The summed E-state index contributed by atoms with van der Waals surface area (Å²) in [5, 5.41) is 3.19. The summed E-state index contributed by atoms with van der Waals surface area (Å²) >= 11 is 0. The zero-order valence-electron chi connectivity index (χ0n) is 11.2. The van der Waals surface area contributed by atoms with Gasteiger partial charge in [-0.05, 0) is 59.3 Å². The van der Waals surface area contributed by atoms with Crippen molar-refractivity contribution in [2.45, 2.75) is 44.6 Å². The van der Waals surface area contributed by atoms with Crippen molar-refractivity contribution >= 4 is 0 Å². The summed E-state index contributed by atoms with van der Waals surface area (Å²) in [4.78, 5) is 2.56. The number of rotatable bonds is 7. The van der Waals surface area contributed by atoms with Crippen molar-refractivity contribution in [3.05, 3.63) is 0 Å². The van der Waals surface area contributed by atoms with Crippen LogP contribution in [-0.2, 0) is 4.74 Å². The number of nitrogens with one attached hydrogen (secondary N) is 1. The molecular formula is C13H28N2O. The lowest BCUT2D eigenvalue weighted by molar-refractivity contribution is -0.0508. The molecule has 0 aliphatic carbocycles. The third-order valence-electron chi connectivity index (χ3n) is 3.63. The molecule has 1 rings (SSSR count). The SMILES string of the molecule is CNCCCCCN1CCCC(C)(OC)C1. The predicted molar refractivity (Wildman–Crippen MR) is 68.9 cm³/mol. The van der Waals surface area contributed by atoms with Gasteiger partial charge in [-0.1, -0.05) is 6.42 Å². The Kier molecular flexibility index (Phi) is 6.32. The third-order valence-corrected chi connectivity index (χ3v) is 3.63. The van der Waals surface area contributed by atoms with Gasteiger partial charge < -0.3 is 15.0 Å². The molecule has 1 fully saturated rings. The molecule has 3 nitrogen and oxygen atoms in total. The third kappa shape index (κ3) is 4.81. The molecular weight excluding hydrogens is 200 g/mol. The first kappa shape index (κ1) is 13.9. The lowest BCUT2D eigenvalue weighted by Crippen LogP contribution is -2.47. The summed E-state index contributed by atoms with van der Waals surface area (Å²) in [6.07, 6.45) is 6.44. The highest BCUT2D eigenvalue weighted by Crippen LogP contribution is 2.23. The monoisotopic (exact) mass is 228 g/mol. The molecule has 0 radical (unpaired) electrons. The Labute approximate surface area is 101 Å². The summed E-state index contributed by atoms with van der Waals surface area (Å²) < 4.78 is 5.60. The zero-order valence-corrected chi connectivity index (χ0v) is 11.2. The lowest BCUT2D eigenvalue weighted by Gasteiger charge is -2.39. The second-order valence-corrected chi connectivity index (χ2v) is 5.20. The summed E-state index contributed by atoms with van der Waals surface area (Å²) in [5.74, 6) is 0. The molecule has 0 bridgehead atoms. The Hall–Kier alpha value is -0.120. The minimum Gasteiger partial charge on any atom is -0.377 e. The van der Waals surface area contributed by atoms with Gasteiger partial charge in [-0.2, -0.15) is 0 Å². The van der Waals surface area contributed by atoms with Crippen molar-refractivity contribution < 1.29 is 4.74 Å². The number of piperidine rings is 1. The van der Waals surface area contributed by atoms with E-state index >= 15 is 0 Å². The van der Waals surface area contributed by atoms with Crippen LogP contribution >= 0.6 is 0 Å². The van der Waals surface area contributed by atoms with Gasteiger partial charge in [0.2, 0.25) is 0 Å². The van der Waals surface area contributed by atoms with Gasteiger partial charge >= 0.3 is 0 Å². The van der Waals surface area contributed by atoms with E-state index in [0.717, 1.165) is 13.1 Å². The smallest absolute Gasteiger partial charge is 0.0777 e. The maximum atomic E-state index is 5.60. The van der Waals surface area contributed by atoms with Gasteiger partial charge in [-0.3, -0.25) is 0 Å². The van der Waals surface area contributed by atoms with Crippen molar-refractivity contribution in [2.24, 2.45) is 0 Å². The molecule has 1 unspecified atom stereocenters. The first-order valence-corrected chi connectivity index (χ1v) is 6.62. The minimum atomic E-state index is 0.100. The van der Waals surface area contributed by atoms with Crippen LogP contribution in [0.4, 0.5) is 0 Å². The van der Waals surface area contributed by atoms with Crippen LogP contribution in [0.15, 0.2) is 0 Å². The maximum absolute atomic E-state index is 5.60. The molecule has 16 heavy (non-hydrogen) atoms. The van der Waals surface area contributed by atoms with E-state index in [9.17, 15) is 0 Å². The quantitative estimate of drug-likeness (QED) is 0.673. The molecule has 0 amide bonds. The second-order valence-electron chi connectivity index (χ2n) is 5.20. The first-order chi connectivity index (χ1) is 7.70. The molecule has 0 aromatic heterocycles. The normalized spacial score (nSPS) is 27.2. The zero-order chi connectivity index (χ0) is 11.9. The van der Waals surface area contributed by atoms with Crippen molar-refractivity contribution in [1.82, 2.24) is 10.2 Å². The molecule has 1 aliphatic rings. The van der Waals surface area contributed by atoms with Crippen molar-refractivity contribution in [2.75, 3.05) is 40.3 Å². The number of likely N-dealkylation sites (tertiary alicyclic amines) is 1. The number of unbranched alkanes of at least 4 members (excludes halogenated alkanes) is 2. The average Bonchev–Trinajstić information content (AvgIpc) is 2.29. The van der Waals surface area contributed by atoms with Gasteiger partial charge in [0, 0.05) is 13.7 Å². The number of nitrogens with zero attached hydrogens (tertiary/aromatic N) is 1. The Bertz CT molecular complexity index is 187. The standard InChI is InChI=1S/C13H28N2O/c1-13(16-3)8-7-11-15(12-13)10-6-4-5-9-14-2/h14H,4-12H2,1-3H3. The molecule has 0 aromatic rings. The summed E-state index contributed by atoms with van der Waals surface area (Å²) in [7, 11) is 3.87. The van der Waals surface area contributed by atoms with E-state index in [2.05, 4.69) is 17.1 Å². The van der Waals surface area contributed by atoms with E-state index in [0.29, 0.717) is 0 Å². The van der Waals surface area contributed by atoms with Gasteiger partial charge in [0.15, 0.2) is 0 Å². The first-order valence-electron chi connectivity index (χ1n) is 6.62. The van der Waals surface area contributed by atoms with Gasteiger partial charge in [0.25, 0.3) is 0 Å². The summed E-state index contributed by atoms with van der Waals surface area (Å²) in [5.41, 5.74) is 0.100. The highest BCUT2D eigenvalue weighted by molar-refractivity contribution is 4.84. The van der Waals surface area contributed by atoms with Crippen molar-refractivity contribution in [3.63, 3.8) is 0 Å². The van der Waals surface area contributed by atoms with Crippen molar-refractivity contribution in [1.29, 1.82) is 0 Å². The average molecular weight is 228 g/mol. The van der Waals surface area contributed by atoms with E-state index < -0.39 is 0 Å². The molecule has 96 valence electrons. The van der Waals surface area contributed by atoms with Gasteiger partial charge in [0.05, 0.1) is 5.60 Å². The van der Waals surface area contributed by atoms with Crippen LogP contribution in [0.3, 0.4) is 0 Å². The van der Waals surface area contributed by atoms with Gasteiger partial charge in [-0.15, -0.1) is 0 Å². The number of hydrogen-bond donors (Lipinski definition) is 1. The van der Waals surface area contributed by atoms with E-state index in [4.69, 9.17) is 4.74 Å². The summed E-state index contributed by atoms with van der Waals surface area (Å²) in [6.45, 7) is 6.99. The molecule has 1 aliphatic heterocycles. The van der Waals surface area contributed by atoms with Crippen LogP contribution in [-0.4, -0.2) is 50.8 Å². The van der Waals surface area contributed by atoms with Crippen LogP contribution in [0.1, 0.15) is 39.0 Å². The molecule has 1 heterocycles. The molecule has 1 atom stereocenters. The van der Waals surface area contributed by atoms with Crippen LogP contribution in [0, 0.1) is 0 Å². The molecule has 1 N–H and O–H groups in total.